The Bertz CT molecular complexity index is 859. The molecule has 3 amide bonds. The minimum absolute atomic E-state index is 0.0792. The first-order valence-corrected chi connectivity index (χ1v) is 8.45. The number of carbonyl (C=O) groups excluding carboxylic acids is 2. The van der Waals surface area contributed by atoms with Crippen molar-refractivity contribution in [2.24, 2.45) is 0 Å². The summed E-state index contributed by atoms with van der Waals surface area (Å²) in [5.41, 5.74) is 2.31. The molecule has 25 heavy (non-hydrogen) atoms. The first-order valence-electron chi connectivity index (χ1n) is 7.46. The molecular formula is C17H16N4O3S. The molecule has 3 rings (SSSR count). The summed E-state index contributed by atoms with van der Waals surface area (Å²) in [4.78, 5) is 31.2. The number of rotatable bonds is 5. The number of ether oxygens (including phenoxy) is 1. The summed E-state index contributed by atoms with van der Waals surface area (Å²) in [7, 11) is 1.56. The fourth-order valence-electron chi connectivity index (χ4n) is 2.13. The zero-order valence-corrected chi connectivity index (χ0v) is 14.2. The van der Waals surface area contributed by atoms with Gasteiger partial charge in [-0.1, -0.05) is 23.9 Å². The van der Waals surface area contributed by atoms with Crippen LogP contribution in [0, 0.1) is 0 Å². The molecule has 1 aromatic heterocycles. The van der Waals surface area contributed by atoms with Crippen LogP contribution in [-0.2, 0) is 4.79 Å². The van der Waals surface area contributed by atoms with Crippen molar-refractivity contribution in [3.63, 3.8) is 0 Å². The van der Waals surface area contributed by atoms with Crippen molar-refractivity contribution in [2.45, 2.75) is 5.16 Å². The molecule has 0 aliphatic carbocycles. The van der Waals surface area contributed by atoms with E-state index in [1.54, 1.807) is 31.4 Å². The number of thioether (sulfide) groups is 1. The molecule has 0 unspecified atom stereocenters. The number of hydrogen-bond acceptors (Lipinski definition) is 5. The fraction of sp³-hybridized carbons (Fsp3) is 0.118. The molecule has 0 atom stereocenters. The number of aromatic amines is 1. The lowest BCUT2D eigenvalue weighted by molar-refractivity contribution is -0.117. The summed E-state index contributed by atoms with van der Waals surface area (Å²) < 4.78 is 5.04. The van der Waals surface area contributed by atoms with Crippen molar-refractivity contribution in [3.05, 3.63) is 48.5 Å². The van der Waals surface area contributed by atoms with E-state index in [0.29, 0.717) is 16.6 Å². The molecule has 0 saturated heterocycles. The number of benzene rings is 2. The van der Waals surface area contributed by atoms with E-state index in [0.717, 1.165) is 11.0 Å². The molecule has 0 aliphatic heterocycles. The molecular weight excluding hydrogens is 340 g/mol. The Morgan fingerprint density at radius 3 is 2.64 bits per heavy atom. The highest BCUT2D eigenvalue weighted by Gasteiger charge is 2.10. The number of urea groups is 1. The fourth-order valence-corrected chi connectivity index (χ4v) is 2.82. The normalized spacial score (nSPS) is 10.4. The number of para-hydroxylation sites is 2. The van der Waals surface area contributed by atoms with Gasteiger partial charge in [-0.15, -0.1) is 0 Å². The summed E-state index contributed by atoms with van der Waals surface area (Å²) in [6.45, 7) is 0. The number of amides is 3. The Balaban J connectivity index is 1.48. The Morgan fingerprint density at radius 2 is 1.92 bits per heavy atom. The molecule has 0 spiro atoms. The average Bonchev–Trinajstić information content (AvgIpc) is 3.03. The maximum absolute atomic E-state index is 11.9. The van der Waals surface area contributed by atoms with Crippen molar-refractivity contribution in [2.75, 3.05) is 18.2 Å². The highest BCUT2D eigenvalue weighted by atomic mass is 32.2. The Kier molecular flexibility index (Phi) is 5.20. The van der Waals surface area contributed by atoms with Crippen LogP contribution in [0.5, 0.6) is 5.75 Å². The predicted octanol–water partition coefficient (Wildman–Crippen LogP) is 3.01. The monoisotopic (exact) mass is 356 g/mol. The standard InChI is InChI=1S/C17H16N4O3S/c1-24-12-8-6-11(7-9-12)18-16(23)21-15(22)10-25-17-19-13-4-2-3-5-14(13)20-17/h2-9H,10H2,1H3,(H,19,20)(H2,18,21,22,23). The van der Waals surface area contributed by atoms with Gasteiger partial charge in [0.2, 0.25) is 5.91 Å². The molecule has 0 radical (unpaired) electrons. The third kappa shape index (κ3) is 4.51. The first-order chi connectivity index (χ1) is 12.1. The second-order valence-electron chi connectivity index (χ2n) is 5.08. The van der Waals surface area contributed by atoms with Crippen LogP contribution in [0.15, 0.2) is 53.7 Å². The number of anilines is 1. The second-order valence-corrected chi connectivity index (χ2v) is 6.04. The Hall–Kier alpha value is -3.00. The molecule has 0 bridgehead atoms. The van der Waals surface area contributed by atoms with E-state index in [2.05, 4.69) is 20.6 Å². The molecule has 8 heteroatoms. The van der Waals surface area contributed by atoms with Gasteiger partial charge in [0.05, 0.1) is 23.9 Å². The third-order valence-electron chi connectivity index (χ3n) is 3.31. The van der Waals surface area contributed by atoms with Crippen LogP contribution < -0.4 is 15.4 Å². The molecule has 0 aliphatic rings. The van der Waals surface area contributed by atoms with Crippen molar-refractivity contribution in [1.29, 1.82) is 0 Å². The number of nitrogens with one attached hydrogen (secondary N) is 3. The lowest BCUT2D eigenvalue weighted by atomic mass is 10.3. The maximum atomic E-state index is 11.9. The predicted molar refractivity (Wildman–Crippen MR) is 97.0 cm³/mol. The lowest BCUT2D eigenvalue weighted by Crippen LogP contribution is -2.35. The number of imide groups is 1. The summed E-state index contributed by atoms with van der Waals surface area (Å²) >= 11 is 1.23. The van der Waals surface area contributed by atoms with Gasteiger partial charge < -0.3 is 15.0 Å². The van der Waals surface area contributed by atoms with E-state index in [4.69, 9.17) is 4.74 Å². The van der Waals surface area contributed by atoms with Crippen LogP contribution in [0.4, 0.5) is 10.5 Å². The van der Waals surface area contributed by atoms with Crippen molar-refractivity contribution in [1.82, 2.24) is 15.3 Å². The molecule has 128 valence electrons. The second kappa shape index (κ2) is 7.71. The number of nitrogens with zero attached hydrogens (tertiary/aromatic N) is 1. The molecule has 7 nitrogen and oxygen atoms in total. The van der Waals surface area contributed by atoms with Crippen molar-refractivity contribution >= 4 is 40.4 Å². The molecule has 1 heterocycles. The number of fused-ring (bicyclic) bond motifs is 1. The van der Waals surface area contributed by atoms with Crippen LogP contribution in [0.2, 0.25) is 0 Å². The Morgan fingerprint density at radius 1 is 1.16 bits per heavy atom. The smallest absolute Gasteiger partial charge is 0.325 e. The molecule has 0 saturated carbocycles. The van der Waals surface area contributed by atoms with E-state index < -0.39 is 11.9 Å². The van der Waals surface area contributed by atoms with Gasteiger partial charge in [-0.2, -0.15) is 0 Å². The van der Waals surface area contributed by atoms with Crippen molar-refractivity contribution in [3.8, 4) is 5.75 Å². The largest absolute Gasteiger partial charge is 0.497 e. The molecule has 3 aromatic rings. The van der Waals surface area contributed by atoms with Gasteiger partial charge in [0.1, 0.15) is 5.75 Å². The van der Waals surface area contributed by atoms with Gasteiger partial charge in [-0.3, -0.25) is 10.1 Å². The van der Waals surface area contributed by atoms with Crippen molar-refractivity contribution < 1.29 is 14.3 Å². The maximum Gasteiger partial charge on any atom is 0.325 e. The van der Waals surface area contributed by atoms with E-state index >= 15 is 0 Å². The summed E-state index contributed by atoms with van der Waals surface area (Å²) in [5.74, 6) is 0.358. The molecule has 3 N–H and O–H groups in total. The summed E-state index contributed by atoms with van der Waals surface area (Å²) in [5, 5.41) is 5.49. The van der Waals surface area contributed by atoms with Gasteiger partial charge in [-0.05, 0) is 36.4 Å². The number of imidazole rings is 1. The number of carbonyl (C=O) groups is 2. The average molecular weight is 356 g/mol. The topological polar surface area (TPSA) is 96.1 Å². The van der Waals surface area contributed by atoms with Gasteiger partial charge in [0.25, 0.3) is 0 Å². The number of hydrogen-bond donors (Lipinski definition) is 3. The highest BCUT2D eigenvalue weighted by molar-refractivity contribution is 7.99. The van der Waals surface area contributed by atoms with Crippen LogP contribution >= 0.6 is 11.8 Å². The number of H-pyrrole nitrogens is 1. The van der Waals surface area contributed by atoms with E-state index in [1.807, 2.05) is 24.3 Å². The molecule has 0 fully saturated rings. The third-order valence-corrected chi connectivity index (χ3v) is 4.18. The van der Waals surface area contributed by atoms with Crippen LogP contribution in [-0.4, -0.2) is 34.8 Å². The van der Waals surface area contributed by atoms with E-state index in [-0.39, 0.29) is 5.75 Å². The minimum Gasteiger partial charge on any atom is -0.497 e. The van der Waals surface area contributed by atoms with Crippen LogP contribution in [0.3, 0.4) is 0 Å². The summed E-state index contributed by atoms with van der Waals surface area (Å²) in [6.07, 6.45) is 0. The Labute approximate surface area is 148 Å². The first kappa shape index (κ1) is 16.8. The van der Waals surface area contributed by atoms with Gasteiger partial charge in [0, 0.05) is 5.69 Å². The van der Waals surface area contributed by atoms with Crippen LogP contribution in [0.25, 0.3) is 11.0 Å². The lowest BCUT2D eigenvalue weighted by Gasteiger charge is -2.07. The quantitative estimate of drug-likeness (QED) is 0.611. The van der Waals surface area contributed by atoms with Crippen LogP contribution in [0.1, 0.15) is 0 Å². The van der Waals surface area contributed by atoms with Gasteiger partial charge in [0.15, 0.2) is 5.16 Å². The number of aromatic nitrogens is 2. The SMILES string of the molecule is COc1ccc(NC(=O)NC(=O)CSc2nc3ccccc3[nH]2)cc1. The zero-order valence-electron chi connectivity index (χ0n) is 13.4. The van der Waals surface area contributed by atoms with Gasteiger partial charge in [-0.25, -0.2) is 9.78 Å². The molecule has 2 aromatic carbocycles. The minimum atomic E-state index is -0.583. The van der Waals surface area contributed by atoms with E-state index in [9.17, 15) is 9.59 Å². The number of methoxy groups -OCH3 is 1. The zero-order chi connectivity index (χ0) is 17.6. The highest BCUT2D eigenvalue weighted by Crippen LogP contribution is 2.19. The van der Waals surface area contributed by atoms with Gasteiger partial charge >= 0.3 is 6.03 Å². The summed E-state index contributed by atoms with van der Waals surface area (Å²) in [6, 6.07) is 13.8. The van der Waals surface area contributed by atoms with E-state index in [1.165, 1.54) is 11.8 Å².